The molecule has 0 bridgehead atoms. The second-order valence-electron chi connectivity index (χ2n) is 2.86. The van der Waals surface area contributed by atoms with Crippen LogP contribution in [0.1, 0.15) is 13.3 Å². The van der Waals surface area contributed by atoms with Gasteiger partial charge >= 0.3 is 6.18 Å². The van der Waals surface area contributed by atoms with Gasteiger partial charge in [-0.1, -0.05) is 0 Å². The van der Waals surface area contributed by atoms with Crippen molar-refractivity contribution in [1.82, 2.24) is 5.32 Å². The van der Waals surface area contributed by atoms with Crippen LogP contribution < -0.4 is 11.1 Å². The van der Waals surface area contributed by atoms with Crippen LogP contribution in [0.3, 0.4) is 0 Å². The molecule has 1 atom stereocenters. The summed E-state index contributed by atoms with van der Waals surface area (Å²) < 4.78 is 36.4. The van der Waals surface area contributed by atoms with Crippen molar-refractivity contribution in [2.45, 2.75) is 25.1 Å². The fourth-order valence-electron chi connectivity index (χ4n) is 0.544. The number of carbonyl (C=O) groups is 1. The number of amides is 1. The lowest BCUT2D eigenvalue weighted by Crippen LogP contribution is -2.61. The van der Waals surface area contributed by atoms with Crippen LogP contribution >= 0.6 is 0 Å². The minimum absolute atomic E-state index is 0.0559. The topological polar surface area (TPSA) is 78.9 Å². The lowest BCUT2D eigenvalue weighted by molar-refractivity contribution is -0.187. The van der Waals surface area contributed by atoms with Crippen molar-refractivity contribution < 1.29 is 18.0 Å². The number of nitrogens with zero attached hydrogens (tertiary/aromatic N) is 1. The van der Waals surface area contributed by atoms with Crippen LogP contribution in [0.15, 0.2) is 0 Å². The molecule has 4 nitrogen and oxygen atoms in total. The highest BCUT2D eigenvalue weighted by atomic mass is 19.4. The molecule has 0 rings (SSSR count). The first-order chi connectivity index (χ1) is 6.23. The molecular weight excluding hydrogens is 199 g/mol. The Morgan fingerprint density at radius 1 is 1.57 bits per heavy atom. The van der Waals surface area contributed by atoms with Crippen molar-refractivity contribution in [1.29, 1.82) is 5.26 Å². The van der Waals surface area contributed by atoms with Gasteiger partial charge in [-0.05, 0) is 6.92 Å². The zero-order valence-corrected chi connectivity index (χ0v) is 7.48. The first kappa shape index (κ1) is 12.7. The Bertz CT molecular complexity index is 254. The summed E-state index contributed by atoms with van der Waals surface area (Å²) in [6.45, 7) is 0.437. The van der Waals surface area contributed by atoms with E-state index in [0.717, 1.165) is 0 Å². The number of nitrogens with one attached hydrogen (secondary N) is 1. The summed E-state index contributed by atoms with van der Waals surface area (Å²) in [5, 5.41) is 10.0. The van der Waals surface area contributed by atoms with Gasteiger partial charge in [0, 0.05) is 6.54 Å². The van der Waals surface area contributed by atoms with E-state index in [9.17, 15) is 18.0 Å². The van der Waals surface area contributed by atoms with E-state index in [1.807, 2.05) is 5.32 Å². The van der Waals surface area contributed by atoms with E-state index < -0.39 is 17.6 Å². The second kappa shape index (κ2) is 4.28. The molecule has 0 saturated carbocycles. The van der Waals surface area contributed by atoms with Crippen LogP contribution in [0.4, 0.5) is 13.2 Å². The molecule has 0 aromatic carbocycles. The standard InChI is InChI=1S/C7H10F3N3O/c1-6(12,7(8,9)10)5(14)13-4-2-3-11/h2,4,12H2,1H3,(H,13,14). The molecule has 14 heavy (non-hydrogen) atoms. The minimum atomic E-state index is -4.80. The zero-order chi connectivity index (χ0) is 11.4. The maximum atomic E-state index is 12.1. The quantitative estimate of drug-likeness (QED) is 0.656. The lowest BCUT2D eigenvalue weighted by atomic mass is 10.0. The molecule has 0 fully saturated rings. The van der Waals surface area contributed by atoms with Crippen LogP contribution in [0.5, 0.6) is 0 Å². The van der Waals surface area contributed by atoms with Gasteiger partial charge in [0.2, 0.25) is 5.91 Å². The third-order valence-corrected chi connectivity index (χ3v) is 1.58. The number of nitriles is 1. The summed E-state index contributed by atoms with van der Waals surface area (Å²) in [6.07, 6.45) is -4.86. The third kappa shape index (κ3) is 2.88. The molecule has 80 valence electrons. The molecule has 0 radical (unpaired) electrons. The first-order valence-electron chi connectivity index (χ1n) is 3.74. The van der Waals surface area contributed by atoms with E-state index in [0.29, 0.717) is 6.92 Å². The van der Waals surface area contributed by atoms with E-state index in [1.54, 1.807) is 6.07 Å². The largest absolute Gasteiger partial charge is 0.415 e. The van der Waals surface area contributed by atoms with Crippen molar-refractivity contribution in [3.8, 4) is 6.07 Å². The number of hydrogen-bond acceptors (Lipinski definition) is 3. The molecule has 7 heteroatoms. The SMILES string of the molecule is CC(N)(C(=O)NCCC#N)C(F)(F)F. The van der Waals surface area contributed by atoms with Gasteiger partial charge in [-0.25, -0.2) is 0 Å². The second-order valence-corrected chi connectivity index (χ2v) is 2.86. The molecule has 0 aromatic rings. The molecule has 0 spiro atoms. The highest BCUT2D eigenvalue weighted by Crippen LogP contribution is 2.27. The average Bonchev–Trinajstić information content (AvgIpc) is 2.02. The van der Waals surface area contributed by atoms with E-state index in [1.165, 1.54) is 0 Å². The van der Waals surface area contributed by atoms with E-state index in [4.69, 9.17) is 11.0 Å². The number of carbonyl (C=O) groups excluding carboxylic acids is 1. The van der Waals surface area contributed by atoms with Crippen LogP contribution in [0.25, 0.3) is 0 Å². The Kier molecular flexibility index (Phi) is 3.89. The summed E-state index contributed by atoms with van der Waals surface area (Å²) in [4.78, 5) is 10.9. The Labute approximate surface area is 78.9 Å². The van der Waals surface area contributed by atoms with E-state index in [2.05, 4.69) is 0 Å². The molecule has 0 heterocycles. The number of hydrogen-bond donors (Lipinski definition) is 2. The Balaban J connectivity index is 4.32. The number of rotatable bonds is 3. The van der Waals surface area contributed by atoms with Gasteiger partial charge in [0.15, 0.2) is 5.54 Å². The fraction of sp³-hybridized carbons (Fsp3) is 0.714. The molecule has 1 unspecified atom stereocenters. The van der Waals surface area contributed by atoms with Gasteiger partial charge in [0.25, 0.3) is 0 Å². The van der Waals surface area contributed by atoms with Crippen LogP contribution in [-0.2, 0) is 4.79 Å². The van der Waals surface area contributed by atoms with Gasteiger partial charge in [0.1, 0.15) is 0 Å². The summed E-state index contributed by atoms with van der Waals surface area (Å²) in [5.41, 5.74) is 1.89. The van der Waals surface area contributed by atoms with E-state index in [-0.39, 0.29) is 13.0 Å². The monoisotopic (exact) mass is 209 g/mol. The number of nitrogens with two attached hydrogens (primary N) is 1. The Hall–Kier alpha value is -1.29. The zero-order valence-electron chi connectivity index (χ0n) is 7.48. The Morgan fingerprint density at radius 2 is 2.07 bits per heavy atom. The summed E-state index contributed by atoms with van der Waals surface area (Å²) in [5.74, 6) is -1.33. The lowest BCUT2D eigenvalue weighted by Gasteiger charge is -2.25. The van der Waals surface area contributed by atoms with Crippen molar-refractivity contribution in [3.05, 3.63) is 0 Å². The molecule has 0 aromatic heterocycles. The van der Waals surface area contributed by atoms with Gasteiger partial charge in [-0.3, -0.25) is 4.79 Å². The van der Waals surface area contributed by atoms with E-state index >= 15 is 0 Å². The van der Waals surface area contributed by atoms with Gasteiger partial charge < -0.3 is 11.1 Å². The number of halogens is 3. The maximum absolute atomic E-state index is 12.1. The fourth-order valence-corrected chi connectivity index (χ4v) is 0.544. The molecule has 1 amide bonds. The molecule has 0 aliphatic heterocycles. The van der Waals surface area contributed by atoms with Gasteiger partial charge in [-0.2, -0.15) is 18.4 Å². The summed E-state index contributed by atoms with van der Waals surface area (Å²) >= 11 is 0. The molecular formula is C7H10F3N3O. The third-order valence-electron chi connectivity index (χ3n) is 1.58. The molecule has 0 saturated heterocycles. The predicted octanol–water partition coefficient (Wildman–Crippen LogP) is 0.296. The maximum Gasteiger partial charge on any atom is 0.415 e. The smallest absolute Gasteiger partial charge is 0.353 e. The normalized spacial score (nSPS) is 15.4. The summed E-state index contributed by atoms with van der Waals surface area (Å²) in [7, 11) is 0. The Morgan fingerprint density at radius 3 is 2.43 bits per heavy atom. The average molecular weight is 209 g/mol. The van der Waals surface area contributed by atoms with Crippen molar-refractivity contribution in [3.63, 3.8) is 0 Å². The van der Waals surface area contributed by atoms with Gasteiger partial charge in [-0.15, -0.1) is 0 Å². The first-order valence-corrected chi connectivity index (χ1v) is 3.74. The van der Waals surface area contributed by atoms with Crippen LogP contribution in [0.2, 0.25) is 0 Å². The van der Waals surface area contributed by atoms with Crippen molar-refractivity contribution >= 4 is 5.91 Å². The highest BCUT2D eigenvalue weighted by molar-refractivity contribution is 5.86. The minimum Gasteiger partial charge on any atom is -0.353 e. The molecule has 3 N–H and O–H groups in total. The van der Waals surface area contributed by atoms with Crippen LogP contribution in [0, 0.1) is 11.3 Å². The van der Waals surface area contributed by atoms with Crippen molar-refractivity contribution in [2.75, 3.05) is 6.54 Å². The molecule has 0 aliphatic carbocycles. The molecule has 0 aliphatic rings. The number of alkyl halides is 3. The van der Waals surface area contributed by atoms with Gasteiger partial charge in [0.05, 0.1) is 12.5 Å². The van der Waals surface area contributed by atoms with Crippen LogP contribution in [-0.4, -0.2) is 24.2 Å². The van der Waals surface area contributed by atoms with Crippen molar-refractivity contribution in [2.24, 2.45) is 5.73 Å². The predicted molar refractivity (Wildman–Crippen MR) is 41.9 cm³/mol. The summed E-state index contributed by atoms with van der Waals surface area (Å²) in [6, 6.07) is 1.68. The highest BCUT2D eigenvalue weighted by Gasteiger charge is 2.53.